The molecule has 6 nitrogen and oxygen atoms in total. The van der Waals surface area contributed by atoms with Gasteiger partial charge in [0.15, 0.2) is 6.61 Å². The van der Waals surface area contributed by atoms with E-state index in [-0.39, 0.29) is 24.4 Å². The van der Waals surface area contributed by atoms with Crippen LogP contribution < -0.4 is 15.6 Å². The molecule has 0 spiro atoms. The summed E-state index contributed by atoms with van der Waals surface area (Å²) in [6.07, 6.45) is -3.06. The summed E-state index contributed by atoms with van der Waals surface area (Å²) in [7, 11) is 0. The summed E-state index contributed by atoms with van der Waals surface area (Å²) in [4.78, 5) is 28.9. The molecule has 1 aromatic heterocycles. The first-order valence-electron chi connectivity index (χ1n) is 8.73. The third-order valence-electron chi connectivity index (χ3n) is 4.18. The lowest BCUT2D eigenvalue weighted by Crippen LogP contribution is -2.32. The van der Waals surface area contributed by atoms with Gasteiger partial charge in [0.2, 0.25) is 5.91 Å². The number of rotatable bonds is 6. The molecule has 29 heavy (non-hydrogen) atoms. The van der Waals surface area contributed by atoms with Crippen molar-refractivity contribution < 1.29 is 22.7 Å². The fourth-order valence-electron chi connectivity index (χ4n) is 2.73. The Hall–Kier alpha value is -3.36. The molecule has 1 N–H and O–H groups in total. The van der Waals surface area contributed by atoms with Gasteiger partial charge >= 0.3 is 6.18 Å². The quantitative estimate of drug-likeness (QED) is 0.685. The Morgan fingerprint density at radius 2 is 1.90 bits per heavy atom. The number of carbonyl (C=O) groups excluding carboxylic acids is 1. The van der Waals surface area contributed by atoms with Gasteiger partial charge in [-0.05, 0) is 36.2 Å². The van der Waals surface area contributed by atoms with E-state index in [0.29, 0.717) is 16.5 Å². The van der Waals surface area contributed by atoms with Crippen LogP contribution in [-0.4, -0.2) is 28.2 Å². The van der Waals surface area contributed by atoms with E-state index >= 15 is 0 Å². The maximum Gasteiger partial charge on any atom is 0.422 e. The number of amides is 1. The average molecular weight is 405 g/mol. The van der Waals surface area contributed by atoms with Crippen molar-refractivity contribution in [2.75, 3.05) is 6.61 Å². The Morgan fingerprint density at radius 1 is 1.17 bits per heavy atom. The van der Waals surface area contributed by atoms with Gasteiger partial charge in [0, 0.05) is 6.54 Å². The first-order valence-corrected chi connectivity index (χ1v) is 8.73. The van der Waals surface area contributed by atoms with Crippen molar-refractivity contribution in [3.8, 4) is 5.75 Å². The van der Waals surface area contributed by atoms with Gasteiger partial charge in [-0.15, -0.1) is 0 Å². The second-order valence-corrected chi connectivity index (χ2v) is 6.47. The standard InChI is InChI=1S/C20H18F3N3O3/c1-13-3-2-4-16-18(13)25-12-26(19(16)28)10-17(27)24-9-14-5-7-15(8-6-14)29-11-20(21,22)23/h2-8,12H,9-11H2,1H3,(H,24,27). The molecule has 152 valence electrons. The summed E-state index contributed by atoms with van der Waals surface area (Å²) < 4.78 is 42.3. The third kappa shape index (κ3) is 5.34. The van der Waals surface area contributed by atoms with Crippen molar-refractivity contribution in [3.05, 3.63) is 70.3 Å². The highest BCUT2D eigenvalue weighted by molar-refractivity contribution is 5.81. The molecule has 1 amide bonds. The first-order chi connectivity index (χ1) is 13.7. The number of alkyl halides is 3. The van der Waals surface area contributed by atoms with Crippen molar-refractivity contribution in [2.45, 2.75) is 26.2 Å². The third-order valence-corrected chi connectivity index (χ3v) is 4.18. The summed E-state index contributed by atoms with van der Waals surface area (Å²) in [5, 5.41) is 3.10. The summed E-state index contributed by atoms with van der Waals surface area (Å²) in [6.45, 7) is 0.457. The van der Waals surface area contributed by atoms with E-state index in [4.69, 9.17) is 0 Å². The summed E-state index contributed by atoms with van der Waals surface area (Å²) >= 11 is 0. The van der Waals surface area contributed by atoms with Crippen molar-refractivity contribution in [3.63, 3.8) is 0 Å². The number of nitrogens with zero attached hydrogens (tertiary/aromatic N) is 2. The van der Waals surface area contributed by atoms with Crippen LogP contribution in [0.5, 0.6) is 5.75 Å². The molecule has 2 aromatic carbocycles. The number of para-hydroxylation sites is 1. The van der Waals surface area contributed by atoms with Gasteiger partial charge in [-0.2, -0.15) is 13.2 Å². The van der Waals surface area contributed by atoms with Crippen molar-refractivity contribution in [2.24, 2.45) is 0 Å². The number of ether oxygens (including phenoxy) is 1. The zero-order chi connectivity index (χ0) is 21.0. The van der Waals surface area contributed by atoms with Crippen LogP contribution in [0.4, 0.5) is 13.2 Å². The second-order valence-electron chi connectivity index (χ2n) is 6.47. The number of aromatic nitrogens is 2. The maximum absolute atomic E-state index is 12.5. The minimum Gasteiger partial charge on any atom is -0.484 e. The van der Waals surface area contributed by atoms with Gasteiger partial charge in [-0.1, -0.05) is 24.3 Å². The molecule has 3 aromatic rings. The van der Waals surface area contributed by atoms with Crippen LogP contribution in [0.2, 0.25) is 0 Å². The predicted molar refractivity (Wildman–Crippen MR) is 101 cm³/mol. The van der Waals surface area contributed by atoms with Gasteiger partial charge in [0.25, 0.3) is 5.56 Å². The molecule has 0 radical (unpaired) electrons. The lowest BCUT2D eigenvalue weighted by atomic mass is 10.1. The predicted octanol–water partition coefficient (Wildman–Crippen LogP) is 2.96. The Morgan fingerprint density at radius 3 is 2.59 bits per heavy atom. The molecule has 0 fully saturated rings. The lowest BCUT2D eigenvalue weighted by Gasteiger charge is -2.10. The van der Waals surface area contributed by atoms with E-state index in [0.717, 1.165) is 5.56 Å². The van der Waals surface area contributed by atoms with Gasteiger partial charge in [-0.25, -0.2) is 4.98 Å². The van der Waals surface area contributed by atoms with Crippen LogP contribution in [0.25, 0.3) is 10.9 Å². The Labute approximate surface area is 163 Å². The number of hydrogen-bond acceptors (Lipinski definition) is 4. The van der Waals surface area contributed by atoms with Crippen LogP contribution in [0.15, 0.2) is 53.6 Å². The second kappa shape index (κ2) is 8.34. The zero-order valence-corrected chi connectivity index (χ0v) is 15.5. The van der Waals surface area contributed by atoms with E-state index < -0.39 is 18.7 Å². The van der Waals surface area contributed by atoms with Crippen molar-refractivity contribution in [1.82, 2.24) is 14.9 Å². The Balaban J connectivity index is 1.58. The molecule has 0 bridgehead atoms. The Kier molecular flexibility index (Phi) is 5.86. The fourth-order valence-corrected chi connectivity index (χ4v) is 2.73. The van der Waals surface area contributed by atoms with Crippen LogP contribution in [-0.2, 0) is 17.9 Å². The highest BCUT2D eigenvalue weighted by Gasteiger charge is 2.28. The van der Waals surface area contributed by atoms with Crippen molar-refractivity contribution in [1.29, 1.82) is 0 Å². The van der Waals surface area contributed by atoms with E-state index in [1.54, 1.807) is 24.3 Å². The maximum atomic E-state index is 12.5. The lowest BCUT2D eigenvalue weighted by molar-refractivity contribution is -0.153. The molecule has 9 heteroatoms. The molecular formula is C20H18F3N3O3. The number of nitrogens with one attached hydrogen (secondary N) is 1. The molecule has 1 heterocycles. The van der Waals surface area contributed by atoms with Gasteiger partial charge < -0.3 is 10.1 Å². The molecule has 3 rings (SSSR count). The first kappa shape index (κ1) is 20.4. The fraction of sp³-hybridized carbons (Fsp3) is 0.250. The number of fused-ring (bicyclic) bond motifs is 1. The van der Waals surface area contributed by atoms with Crippen LogP contribution in [0, 0.1) is 6.92 Å². The van der Waals surface area contributed by atoms with E-state index in [1.165, 1.54) is 23.0 Å². The van der Waals surface area contributed by atoms with Gasteiger partial charge in [0.05, 0.1) is 17.2 Å². The smallest absolute Gasteiger partial charge is 0.422 e. The van der Waals surface area contributed by atoms with Crippen LogP contribution in [0.3, 0.4) is 0 Å². The highest BCUT2D eigenvalue weighted by atomic mass is 19.4. The minimum atomic E-state index is -4.40. The minimum absolute atomic E-state index is 0.0847. The van der Waals surface area contributed by atoms with Crippen molar-refractivity contribution >= 4 is 16.8 Å². The monoisotopic (exact) mass is 405 g/mol. The highest BCUT2D eigenvalue weighted by Crippen LogP contribution is 2.18. The number of benzene rings is 2. The molecule has 0 saturated heterocycles. The topological polar surface area (TPSA) is 73.2 Å². The average Bonchev–Trinajstić information content (AvgIpc) is 2.68. The van der Waals surface area contributed by atoms with Crippen LogP contribution in [0.1, 0.15) is 11.1 Å². The largest absolute Gasteiger partial charge is 0.484 e. The molecule has 0 aliphatic carbocycles. The van der Waals surface area contributed by atoms with Gasteiger partial charge in [0.1, 0.15) is 12.3 Å². The summed E-state index contributed by atoms with van der Waals surface area (Å²) in [5.41, 5.74) is 1.85. The molecule has 0 atom stereocenters. The van der Waals surface area contributed by atoms with E-state index in [1.807, 2.05) is 13.0 Å². The summed E-state index contributed by atoms with van der Waals surface area (Å²) in [6, 6.07) is 11.2. The number of carbonyl (C=O) groups is 1. The number of halogens is 3. The normalized spacial score (nSPS) is 11.4. The molecule has 0 aliphatic rings. The Bertz CT molecular complexity index is 1080. The molecule has 0 aliphatic heterocycles. The molecule has 0 unspecified atom stereocenters. The van der Waals surface area contributed by atoms with E-state index in [2.05, 4.69) is 15.0 Å². The summed E-state index contributed by atoms with van der Waals surface area (Å²) in [5.74, 6) is -0.306. The van der Waals surface area contributed by atoms with Crippen LogP contribution >= 0.6 is 0 Å². The molecular weight excluding hydrogens is 387 g/mol. The SMILES string of the molecule is Cc1cccc2c(=O)n(CC(=O)NCc3ccc(OCC(F)(F)F)cc3)cnc12. The zero-order valence-electron chi connectivity index (χ0n) is 15.5. The van der Waals surface area contributed by atoms with E-state index in [9.17, 15) is 22.8 Å². The number of hydrogen-bond donors (Lipinski definition) is 1. The van der Waals surface area contributed by atoms with Gasteiger partial charge in [-0.3, -0.25) is 14.2 Å². The molecule has 0 saturated carbocycles. The number of aryl methyl sites for hydroxylation is 1.